The molecule has 0 unspecified atom stereocenters. The molecule has 308 valence electrons. The Morgan fingerprint density at radius 1 is 0.917 bits per heavy atom. The van der Waals surface area contributed by atoms with E-state index in [1.807, 2.05) is 49.9 Å². The smallest absolute Gasteiger partial charge is 0.407 e. The zero-order chi connectivity index (χ0) is 41.9. The van der Waals surface area contributed by atoms with Gasteiger partial charge in [-0.1, -0.05) is 60.7 Å². The molecule has 0 saturated carbocycles. The Bertz CT molecular complexity index is 2390. The highest BCUT2D eigenvalue weighted by atomic mass is 19.1. The number of hydrogen-bond acceptors (Lipinski definition) is 10. The number of anilines is 1. The van der Waals surface area contributed by atoms with Crippen molar-refractivity contribution in [3.63, 3.8) is 0 Å². The van der Waals surface area contributed by atoms with Crippen molar-refractivity contribution >= 4 is 23.7 Å². The number of nitrogens with one attached hydrogen (secondary N) is 1. The molecular formula is C46H46FN7O6. The summed E-state index contributed by atoms with van der Waals surface area (Å²) in [5.74, 6) is -0.443. The number of alkyl carbamates (subject to hydrolysis) is 1. The van der Waals surface area contributed by atoms with Crippen LogP contribution in [0.3, 0.4) is 0 Å². The van der Waals surface area contributed by atoms with Gasteiger partial charge in [-0.15, -0.1) is 10.2 Å². The van der Waals surface area contributed by atoms with Crippen molar-refractivity contribution in [3.05, 3.63) is 137 Å². The first-order valence-electron chi connectivity index (χ1n) is 20.1. The van der Waals surface area contributed by atoms with Crippen molar-refractivity contribution in [2.45, 2.75) is 51.6 Å². The van der Waals surface area contributed by atoms with E-state index in [9.17, 15) is 23.9 Å². The number of hydrogen-bond donors (Lipinski definition) is 2. The summed E-state index contributed by atoms with van der Waals surface area (Å²) in [5, 5.41) is 21.0. The molecule has 3 heterocycles. The molecule has 0 fully saturated rings. The largest absolute Gasteiger partial charge is 0.508 e. The van der Waals surface area contributed by atoms with Crippen LogP contribution in [0.4, 0.5) is 15.0 Å². The van der Waals surface area contributed by atoms with Crippen LogP contribution in [0.25, 0.3) is 11.1 Å². The highest BCUT2D eigenvalue weighted by Gasteiger charge is 2.36. The molecule has 1 aliphatic carbocycles. The van der Waals surface area contributed by atoms with Crippen LogP contribution in [0.5, 0.6) is 17.4 Å². The van der Waals surface area contributed by atoms with E-state index in [2.05, 4.69) is 44.8 Å². The number of fused-ring (bicyclic) bond motifs is 3. The van der Waals surface area contributed by atoms with Gasteiger partial charge in [0.05, 0.1) is 5.56 Å². The Morgan fingerprint density at radius 3 is 2.23 bits per heavy atom. The number of halogens is 1. The lowest BCUT2D eigenvalue weighted by atomic mass is 9.98. The monoisotopic (exact) mass is 811 g/mol. The van der Waals surface area contributed by atoms with Crippen molar-refractivity contribution in [2.75, 3.05) is 44.2 Å². The maximum Gasteiger partial charge on any atom is 0.407 e. The van der Waals surface area contributed by atoms with E-state index in [-0.39, 0.29) is 59.7 Å². The fourth-order valence-corrected chi connectivity index (χ4v) is 8.45. The number of carbonyl (C=O) groups is 3. The third-order valence-electron chi connectivity index (χ3n) is 11.4. The molecule has 2 aliphatic heterocycles. The van der Waals surface area contributed by atoms with Gasteiger partial charge in [0.25, 0.3) is 11.8 Å². The van der Waals surface area contributed by atoms with Gasteiger partial charge in [0, 0.05) is 57.1 Å². The van der Waals surface area contributed by atoms with Gasteiger partial charge in [-0.2, -0.15) is 0 Å². The maximum atomic E-state index is 14.4. The number of aromatic nitrogens is 3. The zero-order valence-electron chi connectivity index (χ0n) is 33.7. The van der Waals surface area contributed by atoms with E-state index in [4.69, 9.17) is 9.47 Å². The Kier molecular flexibility index (Phi) is 11.4. The number of ether oxygens (including phenoxy) is 2. The summed E-state index contributed by atoms with van der Waals surface area (Å²) in [4.78, 5) is 50.6. The highest BCUT2D eigenvalue weighted by Crippen LogP contribution is 2.44. The van der Waals surface area contributed by atoms with E-state index in [1.54, 1.807) is 34.1 Å². The second kappa shape index (κ2) is 17.2. The molecule has 4 aromatic carbocycles. The zero-order valence-corrected chi connectivity index (χ0v) is 33.7. The summed E-state index contributed by atoms with van der Waals surface area (Å²) in [6.45, 7) is 7.92. The quantitative estimate of drug-likeness (QED) is 0.121. The summed E-state index contributed by atoms with van der Waals surface area (Å²) in [5.41, 5.74) is 7.50. The van der Waals surface area contributed by atoms with Crippen molar-refractivity contribution in [2.24, 2.45) is 0 Å². The number of amides is 3. The minimum Gasteiger partial charge on any atom is -0.508 e. The molecule has 0 saturated heterocycles. The summed E-state index contributed by atoms with van der Waals surface area (Å²) >= 11 is 0. The maximum absolute atomic E-state index is 14.4. The van der Waals surface area contributed by atoms with Crippen LogP contribution in [0.15, 0.2) is 108 Å². The molecular weight excluding hydrogens is 766 g/mol. The number of phenolic OH excluding ortho intramolecular Hbond substituents is 1. The first-order valence-corrected chi connectivity index (χ1v) is 20.1. The van der Waals surface area contributed by atoms with E-state index >= 15 is 0 Å². The summed E-state index contributed by atoms with van der Waals surface area (Å²) in [6, 6.07) is 26.1. The number of nitrogens with zero attached hydrogens (tertiary/aromatic N) is 6. The molecule has 3 amide bonds. The molecule has 1 aromatic heterocycles. The predicted molar refractivity (Wildman–Crippen MR) is 222 cm³/mol. The number of phenols is 1. The summed E-state index contributed by atoms with van der Waals surface area (Å²) < 4.78 is 26.4. The third-order valence-corrected chi connectivity index (χ3v) is 11.4. The average molecular weight is 812 g/mol. The molecule has 3 aliphatic rings. The molecule has 60 heavy (non-hydrogen) atoms. The fraction of sp³-hybridized carbons (Fsp3) is 0.304. The molecule has 14 heteroatoms. The summed E-state index contributed by atoms with van der Waals surface area (Å²) in [7, 11) is 0. The van der Waals surface area contributed by atoms with Crippen molar-refractivity contribution in [3.8, 4) is 28.5 Å². The SMILES string of the molecule is CCN(C(=O)c1cc(F)ccc1Oc1nncnc1N1CC2=C(CN(C(=O)C[C@@H](Cc3ccc(O)cc3)NC(=O)OCC3c4ccccc4-c4ccccc43)C2)C1)C(C)C. The van der Waals surface area contributed by atoms with E-state index in [1.165, 1.54) is 18.5 Å². The second-order valence-electron chi connectivity index (χ2n) is 15.6. The molecule has 8 rings (SSSR count). The van der Waals surface area contributed by atoms with Gasteiger partial charge >= 0.3 is 6.09 Å². The van der Waals surface area contributed by atoms with Crippen molar-refractivity contribution < 1.29 is 33.4 Å². The molecule has 5 aromatic rings. The van der Waals surface area contributed by atoms with Gasteiger partial charge in [-0.05, 0) is 96.5 Å². The van der Waals surface area contributed by atoms with E-state index in [0.29, 0.717) is 45.0 Å². The average Bonchev–Trinajstić information content (AvgIpc) is 3.93. The number of rotatable bonds is 13. The Labute approximate surface area is 347 Å². The topological polar surface area (TPSA) is 150 Å². The predicted octanol–water partition coefficient (Wildman–Crippen LogP) is 6.88. The minimum absolute atomic E-state index is 0.0359. The molecule has 0 spiro atoms. The van der Waals surface area contributed by atoms with E-state index in [0.717, 1.165) is 45.0 Å². The number of aromatic hydroxyl groups is 1. The minimum atomic E-state index is -0.609. The number of benzene rings is 4. The van der Waals surface area contributed by atoms with Crippen LogP contribution in [0, 0.1) is 5.82 Å². The van der Waals surface area contributed by atoms with Gasteiger partial charge in [-0.3, -0.25) is 9.59 Å². The van der Waals surface area contributed by atoms with Crippen LogP contribution in [-0.4, -0.2) is 99.4 Å². The van der Waals surface area contributed by atoms with Gasteiger partial charge in [0.15, 0.2) is 5.82 Å². The fourth-order valence-electron chi connectivity index (χ4n) is 8.45. The first-order chi connectivity index (χ1) is 29.1. The van der Waals surface area contributed by atoms with Gasteiger partial charge in [0.2, 0.25) is 5.91 Å². The lowest BCUT2D eigenvalue weighted by Crippen LogP contribution is -2.42. The molecule has 0 radical (unpaired) electrons. The van der Waals surface area contributed by atoms with E-state index < -0.39 is 18.0 Å². The standard InChI is InChI=1S/C46H46FN7O6/c1-4-54(28(2)3)45(57)39-20-32(47)15-18-41(39)60-44-43(48-27-49-51-44)53-24-30-22-52(23-31(30)25-53)42(56)21-33(19-29-13-16-34(55)17-14-29)50-46(58)59-26-40-37-11-7-5-9-35(37)36-10-6-8-12-38(36)40/h5-18,20,27-28,33,40,55H,4,19,21-26H2,1-3H3,(H,50,58)/t33-/m1/s1. The van der Waals surface area contributed by atoms with Crippen LogP contribution >= 0.6 is 0 Å². The molecule has 2 N–H and O–H groups in total. The second-order valence-corrected chi connectivity index (χ2v) is 15.6. The Morgan fingerprint density at radius 2 is 1.58 bits per heavy atom. The van der Waals surface area contributed by atoms with Crippen LogP contribution in [0.2, 0.25) is 0 Å². The normalized spacial score (nSPS) is 14.8. The van der Waals surface area contributed by atoms with Gasteiger partial charge in [0.1, 0.15) is 30.3 Å². The van der Waals surface area contributed by atoms with Crippen molar-refractivity contribution in [1.82, 2.24) is 30.3 Å². The summed E-state index contributed by atoms with van der Waals surface area (Å²) in [6.07, 6.45) is 1.09. The van der Waals surface area contributed by atoms with Crippen molar-refractivity contribution in [1.29, 1.82) is 0 Å². The molecule has 13 nitrogen and oxygen atoms in total. The third kappa shape index (κ3) is 8.35. The number of carbonyl (C=O) groups excluding carboxylic acids is 3. The Balaban J connectivity index is 0.912. The highest BCUT2D eigenvalue weighted by molar-refractivity contribution is 5.97. The van der Waals surface area contributed by atoms with Crippen LogP contribution < -0.4 is 15.0 Å². The van der Waals surface area contributed by atoms with Crippen LogP contribution in [0.1, 0.15) is 60.2 Å². The lowest BCUT2D eigenvalue weighted by Gasteiger charge is -2.27. The molecule has 0 bridgehead atoms. The van der Waals surface area contributed by atoms with Gasteiger partial charge in [-0.25, -0.2) is 14.2 Å². The first kappa shape index (κ1) is 40.0. The Hall–Kier alpha value is -6.83. The van der Waals surface area contributed by atoms with Crippen LogP contribution in [-0.2, 0) is 16.0 Å². The lowest BCUT2D eigenvalue weighted by molar-refractivity contribution is -0.130. The molecule has 1 atom stereocenters. The van der Waals surface area contributed by atoms with Gasteiger partial charge < -0.3 is 34.6 Å².